The molecule has 1 saturated heterocycles. The molecule has 1 aliphatic heterocycles. The smallest absolute Gasteiger partial charge is 0.148 e. The number of nitrogens with one attached hydrogen (secondary N) is 1. The third-order valence-electron chi connectivity index (χ3n) is 4.20. The van der Waals surface area contributed by atoms with Gasteiger partial charge in [0.1, 0.15) is 5.82 Å². The van der Waals surface area contributed by atoms with Gasteiger partial charge < -0.3 is 5.32 Å². The van der Waals surface area contributed by atoms with Crippen molar-refractivity contribution in [3.8, 4) is 0 Å². The molecule has 0 radical (unpaired) electrons. The zero-order chi connectivity index (χ0) is 15.4. The molecule has 0 aromatic heterocycles. The predicted molar refractivity (Wildman–Crippen MR) is 87.7 cm³/mol. The number of rotatable bonds is 5. The van der Waals surface area contributed by atoms with E-state index in [2.05, 4.69) is 24.1 Å². The molecule has 0 aliphatic carbocycles. The molecular formula is C16H23Cl2FN2. The van der Waals surface area contributed by atoms with Crippen LogP contribution in [-0.4, -0.2) is 31.1 Å². The number of halogens is 3. The lowest BCUT2D eigenvalue weighted by Gasteiger charge is -2.39. The molecule has 1 aliphatic rings. The van der Waals surface area contributed by atoms with Crippen molar-refractivity contribution in [3.63, 3.8) is 0 Å². The highest BCUT2D eigenvalue weighted by atomic mass is 35.5. The van der Waals surface area contributed by atoms with Crippen molar-refractivity contribution in [2.75, 3.05) is 26.2 Å². The van der Waals surface area contributed by atoms with E-state index in [1.165, 1.54) is 6.07 Å². The summed E-state index contributed by atoms with van der Waals surface area (Å²) in [6, 6.07) is 3.22. The highest BCUT2D eigenvalue weighted by molar-refractivity contribution is 6.33. The minimum atomic E-state index is -0.365. The maximum Gasteiger partial charge on any atom is 0.148 e. The van der Waals surface area contributed by atoms with Crippen molar-refractivity contribution in [3.05, 3.63) is 33.6 Å². The van der Waals surface area contributed by atoms with Crippen molar-refractivity contribution < 1.29 is 4.39 Å². The predicted octanol–water partition coefficient (Wildman–Crippen LogP) is 4.52. The highest BCUT2D eigenvalue weighted by Crippen LogP contribution is 2.39. The van der Waals surface area contributed by atoms with Gasteiger partial charge in [-0.15, -0.1) is 0 Å². The largest absolute Gasteiger partial charge is 0.314 e. The van der Waals surface area contributed by atoms with E-state index in [1.54, 1.807) is 6.07 Å². The molecule has 1 fully saturated rings. The second kappa shape index (κ2) is 7.77. The molecule has 0 spiro atoms. The summed E-state index contributed by atoms with van der Waals surface area (Å²) in [5.41, 5.74) is 0.562. The van der Waals surface area contributed by atoms with E-state index in [4.69, 9.17) is 23.2 Å². The van der Waals surface area contributed by atoms with Crippen LogP contribution in [0.1, 0.15) is 38.3 Å². The number of nitrogens with zero attached hydrogens (tertiary/aromatic N) is 1. The zero-order valence-electron chi connectivity index (χ0n) is 12.6. The van der Waals surface area contributed by atoms with Crippen LogP contribution in [0.3, 0.4) is 0 Å². The summed E-state index contributed by atoms with van der Waals surface area (Å²) in [5.74, 6) is -0.0331. The molecule has 2 atom stereocenters. The first kappa shape index (κ1) is 17.0. The van der Waals surface area contributed by atoms with Gasteiger partial charge in [0, 0.05) is 42.8 Å². The van der Waals surface area contributed by atoms with Gasteiger partial charge in [0.2, 0.25) is 0 Å². The molecule has 21 heavy (non-hydrogen) atoms. The van der Waals surface area contributed by atoms with Gasteiger partial charge in [-0.2, -0.15) is 0 Å². The number of piperazine rings is 1. The topological polar surface area (TPSA) is 15.3 Å². The van der Waals surface area contributed by atoms with E-state index in [1.807, 2.05) is 0 Å². The quantitative estimate of drug-likeness (QED) is 0.797. The fraction of sp³-hybridized carbons (Fsp3) is 0.625. The first-order valence-electron chi connectivity index (χ1n) is 7.64. The van der Waals surface area contributed by atoms with Gasteiger partial charge in [-0.25, -0.2) is 4.39 Å². The molecule has 1 unspecified atom stereocenters. The minimum Gasteiger partial charge on any atom is -0.314 e. The molecule has 2 nitrogen and oxygen atoms in total. The van der Waals surface area contributed by atoms with Crippen LogP contribution in [0.15, 0.2) is 12.1 Å². The SMILES string of the molecule is CCCC(C)[C@H](c1c(Cl)ccc(Cl)c1F)N1CCNCC1. The van der Waals surface area contributed by atoms with E-state index >= 15 is 0 Å². The Balaban J connectivity index is 2.41. The van der Waals surface area contributed by atoms with Gasteiger partial charge in [-0.05, 0) is 24.5 Å². The van der Waals surface area contributed by atoms with Crippen molar-refractivity contribution in [2.45, 2.75) is 32.7 Å². The molecule has 5 heteroatoms. The Bertz CT molecular complexity index is 476. The van der Waals surface area contributed by atoms with Crippen LogP contribution in [0.25, 0.3) is 0 Å². The van der Waals surface area contributed by atoms with Gasteiger partial charge >= 0.3 is 0 Å². The molecule has 2 rings (SSSR count). The Morgan fingerprint density at radius 3 is 2.48 bits per heavy atom. The van der Waals surface area contributed by atoms with Gasteiger partial charge in [-0.3, -0.25) is 4.90 Å². The first-order chi connectivity index (χ1) is 10.1. The van der Waals surface area contributed by atoms with Crippen LogP contribution in [0.2, 0.25) is 10.0 Å². The molecule has 0 saturated carbocycles. The van der Waals surface area contributed by atoms with Crippen LogP contribution in [0.5, 0.6) is 0 Å². The minimum absolute atomic E-state index is 0.0155. The number of benzene rings is 1. The summed E-state index contributed by atoms with van der Waals surface area (Å²) in [6.07, 6.45) is 2.11. The third-order valence-corrected chi connectivity index (χ3v) is 4.82. The lowest BCUT2D eigenvalue weighted by molar-refractivity contribution is 0.123. The monoisotopic (exact) mass is 332 g/mol. The molecule has 1 aromatic carbocycles. The molecule has 1 heterocycles. The normalized spacial score (nSPS) is 19.5. The van der Waals surface area contributed by atoms with Crippen molar-refractivity contribution in [1.82, 2.24) is 10.2 Å². The number of hydrogen-bond acceptors (Lipinski definition) is 2. The highest BCUT2D eigenvalue weighted by Gasteiger charge is 2.31. The Morgan fingerprint density at radius 2 is 1.86 bits per heavy atom. The summed E-state index contributed by atoms with van der Waals surface area (Å²) < 4.78 is 14.6. The van der Waals surface area contributed by atoms with E-state index in [9.17, 15) is 4.39 Å². The van der Waals surface area contributed by atoms with Crippen LogP contribution in [0.4, 0.5) is 4.39 Å². The Hall–Kier alpha value is -0.350. The van der Waals surface area contributed by atoms with Crippen LogP contribution in [-0.2, 0) is 0 Å². The zero-order valence-corrected chi connectivity index (χ0v) is 14.1. The van der Waals surface area contributed by atoms with Gasteiger partial charge in [0.15, 0.2) is 0 Å². The van der Waals surface area contributed by atoms with Crippen molar-refractivity contribution in [2.24, 2.45) is 5.92 Å². The maximum absolute atomic E-state index is 14.6. The van der Waals surface area contributed by atoms with E-state index in [0.29, 0.717) is 16.5 Å². The van der Waals surface area contributed by atoms with Crippen molar-refractivity contribution in [1.29, 1.82) is 0 Å². The molecule has 0 amide bonds. The standard InChI is InChI=1S/C16H23Cl2FN2/c1-3-4-11(2)16(21-9-7-20-8-10-21)14-12(17)5-6-13(18)15(14)19/h5-6,11,16,20H,3-4,7-10H2,1-2H3/t11?,16-/m1/s1. The van der Waals surface area contributed by atoms with E-state index in [-0.39, 0.29) is 16.9 Å². The van der Waals surface area contributed by atoms with E-state index < -0.39 is 0 Å². The van der Waals surface area contributed by atoms with E-state index in [0.717, 1.165) is 39.0 Å². The van der Waals surface area contributed by atoms with Gasteiger partial charge in [0.25, 0.3) is 0 Å². The molecule has 0 bridgehead atoms. The molecular weight excluding hydrogens is 310 g/mol. The summed E-state index contributed by atoms with van der Waals surface area (Å²) in [4.78, 5) is 2.33. The van der Waals surface area contributed by atoms with Crippen molar-refractivity contribution >= 4 is 23.2 Å². The second-order valence-corrected chi connectivity index (χ2v) is 6.57. The maximum atomic E-state index is 14.6. The summed E-state index contributed by atoms with van der Waals surface area (Å²) in [7, 11) is 0. The Kier molecular flexibility index (Phi) is 6.30. The lowest BCUT2D eigenvalue weighted by Crippen LogP contribution is -2.47. The number of hydrogen-bond donors (Lipinski definition) is 1. The average molecular weight is 333 g/mol. The molecule has 1 N–H and O–H groups in total. The summed E-state index contributed by atoms with van der Waals surface area (Å²) in [6.45, 7) is 7.99. The lowest BCUT2D eigenvalue weighted by atomic mass is 9.88. The summed E-state index contributed by atoms with van der Waals surface area (Å²) in [5, 5.41) is 3.96. The molecule has 1 aromatic rings. The molecule has 118 valence electrons. The average Bonchev–Trinajstić information content (AvgIpc) is 2.48. The van der Waals surface area contributed by atoms with Crippen LogP contribution in [0, 0.1) is 11.7 Å². The third kappa shape index (κ3) is 3.89. The Morgan fingerprint density at radius 1 is 1.24 bits per heavy atom. The second-order valence-electron chi connectivity index (χ2n) is 5.75. The fourth-order valence-electron chi connectivity index (χ4n) is 3.21. The fourth-order valence-corrected chi connectivity index (χ4v) is 3.64. The van der Waals surface area contributed by atoms with Gasteiger partial charge in [-0.1, -0.05) is 43.5 Å². The summed E-state index contributed by atoms with van der Waals surface area (Å²) >= 11 is 12.3. The Labute approximate surface area is 136 Å². The first-order valence-corrected chi connectivity index (χ1v) is 8.40. The van der Waals surface area contributed by atoms with Crippen LogP contribution >= 0.6 is 23.2 Å². The van der Waals surface area contributed by atoms with Crippen LogP contribution < -0.4 is 5.32 Å². The van der Waals surface area contributed by atoms with Gasteiger partial charge in [0.05, 0.1) is 5.02 Å².